The third kappa shape index (κ3) is 2.29. The van der Waals surface area contributed by atoms with Crippen LogP contribution < -0.4 is 10.2 Å². The van der Waals surface area contributed by atoms with E-state index < -0.39 is 6.04 Å². The number of hydrogen-bond acceptors (Lipinski definition) is 4. The summed E-state index contributed by atoms with van der Waals surface area (Å²) in [7, 11) is 0. The number of hydrogen-bond donors (Lipinski definition) is 1. The quantitative estimate of drug-likeness (QED) is 0.829. The van der Waals surface area contributed by atoms with E-state index in [1.165, 1.54) is 12.8 Å². The first kappa shape index (κ1) is 14.2. The van der Waals surface area contributed by atoms with Gasteiger partial charge in [0.25, 0.3) is 5.91 Å². The van der Waals surface area contributed by atoms with Crippen LogP contribution in [0.5, 0.6) is 0 Å². The van der Waals surface area contributed by atoms with Gasteiger partial charge in [-0.05, 0) is 31.4 Å². The van der Waals surface area contributed by atoms with Crippen molar-refractivity contribution in [2.75, 3.05) is 18.0 Å². The Labute approximate surface area is 134 Å². The van der Waals surface area contributed by atoms with Gasteiger partial charge in [0, 0.05) is 42.9 Å². The van der Waals surface area contributed by atoms with E-state index in [1.54, 1.807) is 4.90 Å². The lowest BCUT2D eigenvalue weighted by Crippen LogP contribution is -2.52. The van der Waals surface area contributed by atoms with Gasteiger partial charge in [-0.1, -0.05) is 6.07 Å². The Morgan fingerprint density at radius 3 is 2.61 bits per heavy atom. The van der Waals surface area contributed by atoms with Crippen LogP contribution in [0.25, 0.3) is 0 Å². The van der Waals surface area contributed by atoms with Gasteiger partial charge in [0.2, 0.25) is 11.8 Å². The van der Waals surface area contributed by atoms with E-state index in [2.05, 4.69) is 16.3 Å². The summed E-state index contributed by atoms with van der Waals surface area (Å²) in [5, 5.41) is 2.34. The maximum Gasteiger partial charge on any atom is 0.255 e. The Morgan fingerprint density at radius 2 is 1.87 bits per heavy atom. The molecular weight excluding hydrogens is 294 g/mol. The number of imide groups is 1. The van der Waals surface area contributed by atoms with Gasteiger partial charge in [-0.25, -0.2) is 0 Å². The molecule has 0 spiro atoms. The van der Waals surface area contributed by atoms with Crippen molar-refractivity contribution in [2.24, 2.45) is 0 Å². The van der Waals surface area contributed by atoms with Gasteiger partial charge in [0.05, 0.1) is 0 Å². The lowest BCUT2D eigenvalue weighted by atomic mass is 10.0. The SMILES string of the molecule is O=C1CCC(N2Cc3c(cccc3N3CCCC3)C2=O)C(=O)N1. The monoisotopic (exact) mass is 313 g/mol. The highest BCUT2D eigenvalue weighted by Crippen LogP contribution is 2.35. The first-order valence-electron chi connectivity index (χ1n) is 8.16. The molecule has 3 aliphatic heterocycles. The maximum atomic E-state index is 12.7. The van der Waals surface area contributed by atoms with E-state index in [4.69, 9.17) is 0 Å². The van der Waals surface area contributed by atoms with Crippen molar-refractivity contribution in [3.8, 4) is 0 Å². The van der Waals surface area contributed by atoms with Crippen molar-refractivity contribution < 1.29 is 14.4 Å². The van der Waals surface area contributed by atoms with E-state index in [1.807, 2.05) is 12.1 Å². The van der Waals surface area contributed by atoms with Crippen molar-refractivity contribution in [1.82, 2.24) is 10.2 Å². The molecule has 2 saturated heterocycles. The van der Waals surface area contributed by atoms with E-state index in [0.717, 1.165) is 24.3 Å². The van der Waals surface area contributed by atoms with E-state index in [-0.39, 0.29) is 24.1 Å². The van der Waals surface area contributed by atoms with Crippen LogP contribution in [0.4, 0.5) is 5.69 Å². The standard InChI is InChI=1S/C17H19N3O3/c21-15-7-6-14(16(22)18-15)20-10-12-11(17(20)23)4-3-5-13(12)19-8-1-2-9-19/h3-5,14H,1-2,6-10H2,(H,18,21,22). The lowest BCUT2D eigenvalue weighted by molar-refractivity contribution is -0.136. The summed E-state index contributed by atoms with van der Waals surface area (Å²) < 4.78 is 0. The van der Waals surface area contributed by atoms with Gasteiger partial charge in [-0.15, -0.1) is 0 Å². The number of carbonyl (C=O) groups excluding carboxylic acids is 3. The molecule has 1 aromatic carbocycles. The normalized spacial score (nSPS) is 24.2. The Morgan fingerprint density at radius 1 is 1.09 bits per heavy atom. The number of amides is 3. The van der Waals surface area contributed by atoms with Crippen LogP contribution in [0, 0.1) is 0 Å². The van der Waals surface area contributed by atoms with Gasteiger partial charge in [0.1, 0.15) is 6.04 Å². The second-order valence-electron chi connectivity index (χ2n) is 6.40. The average molecular weight is 313 g/mol. The number of piperidine rings is 1. The topological polar surface area (TPSA) is 69.7 Å². The summed E-state index contributed by atoms with van der Waals surface area (Å²) in [6, 6.07) is 5.27. The molecule has 3 amide bonds. The Hall–Kier alpha value is -2.37. The number of nitrogens with zero attached hydrogens (tertiary/aromatic N) is 2. The van der Waals surface area contributed by atoms with Crippen LogP contribution in [0.3, 0.4) is 0 Å². The van der Waals surface area contributed by atoms with Crippen molar-refractivity contribution >= 4 is 23.4 Å². The smallest absolute Gasteiger partial charge is 0.255 e. The number of rotatable bonds is 2. The zero-order valence-electron chi connectivity index (χ0n) is 12.9. The molecule has 4 rings (SSSR count). The number of carbonyl (C=O) groups is 3. The highest BCUT2D eigenvalue weighted by atomic mass is 16.2. The lowest BCUT2D eigenvalue weighted by Gasteiger charge is -2.29. The Balaban J connectivity index is 1.64. The third-order valence-corrected chi connectivity index (χ3v) is 5.00. The molecule has 0 bridgehead atoms. The summed E-state index contributed by atoms with van der Waals surface area (Å²) in [4.78, 5) is 40.1. The fourth-order valence-corrected chi connectivity index (χ4v) is 3.82. The molecule has 6 nitrogen and oxygen atoms in total. The van der Waals surface area contributed by atoms with Gasteiger partial charge in [-0.3, -0.25) is 19.7 Å². The van der Waals surface area contributed by atoms with Crippen molar-refractivity contribution in [3.63, 3.8) is 0 Å². The molecule has 6 heteroatoms. The molecule has 1 aromatic rings. The van der Waals surface area contributed by atoms with Gasteiger partial charge >= 0.3 is 0 Å². The zero-order chi connectivity index (χ0) is 16.0. The van der Waals surface area contributed by atoms with Crippen LogP contribution in [0.15, 0.2) is 18.2 Å². The molecule has 3 aliphatic rings. The number of benzene rings is 1. The third-order valence-electron chi connectivity index (χ3n) is 5.00. The molecule has 120 valence electrons. The summed E-state index contributed by atoms with van der Waals surface area (Å²) in [5.74, 6) is -0.714. The summed E-state index contributed by atoms with van der Waals surface area (Å²) in [5.41, 5.74) is 2.83. The maximum absolute atomic E-state index is 12.7. The zero-order valence-corrected chi connectivity index (χ0v) is 12.9. The molecule has 1 atom stereocenters. The summed E-state index contributed by atoms with van der Waals surface area (Å²) >= 11 is 0. The van der Waals surface area contributed by atoms with E-state index in [0.29, 0.717) is 18.5 Å². The van der Waals surface area contributed by atoms with Gasteiger partial charge in [-0.2, -0.15) is 0 Å². The van der Waals surface area contributed by atoms with Gasteiger partial charge < -0.3 is 9.80 Å². The summed E-state index contributed by atoms with van der Waals surface area (Å²) in [6.45, 7) is 2.49. The minimum atomic E-state index is -0.543. The van der Waals surface area contributed by atoms with Crippen molar-refractivity contribution in [1.29, 1.82) is 0 Å². The van der Waals surface area contributed by atoms with Crippen molar-refractivity contribution in [3.05, 3.63) is 29.3 Å². The van der Waals surface area contributed by atoms with Gasteiger partial charge in [0.15, 0.2) is 0 Å². The fraction of sp³-hybridized carbons (Fsp3) is 0.471. The minimum absolute atomic E-state index is 0.101. The molecule has 1 unspecified atom stereocenters. The summed E-state index contributed by atoms with van der Waals surface area (Å²) in [6.07, 6.45) is 3.04. The van der Waals surface area contributed by atoms with Crippen LogP contribution in [0.1, 0.15) is 41.6 Å². The van der Waals surface area contributed by atoms with E-state index >= 15 is 0 Å². The molecule has 0 aromatic heterocycles. The van der Waals surface area contributed by atoms with Crippen LogP contribution in [0.2, 0.25) is 0 Å². The predicted octanol–water partition coefficient (Wildman–Crippen LogP) is 1.05. The average Bonchev–Trinajstić information content (AvgIpc) is 3.16. The second-order valence-corrected chi connectivity index (χ2v) is 6.40. The molecule has 0 saturated carbocycles. The number of fused-ring (bicyclic) bond motifs is 1. The molecule has 0 aliphatic carbocycles. The number of nitrogens with one attached hydrogen (secondary N) is 1. The highest BCUT2D eigenvalue weighted by molar-refractivity contribution is 6.06. The van der Waals surface area contributed by atoms with Crippen molar-refractivity contribution in [2.45, 2.75) is 38.3 Å². The number of anilines is 1. The molecule has 1 N–H and O–H groups in total. The van der Waals surface area contributed by atoms with Crippen LogP contribution >= 0.6 is 0 Å². The van der Waals surface area contributed by atoms with Crippen LogP contribution in [-0.2, 0) is 16.1 Å². The first-order chi connectivity index (χ1) is 11.1. The van der Waals surface area contributed by atoms with E-state index in [9.17, 15) is 14.4 Å². The molecule has 3 heterocycles. The second kappa shape index (κ2) is 5.37. The Kier molecular flexibility index (Phi) is 3.32. The minimum Gasteiger partial charge on any atom is -0.371 e. The molecular formula is C17H19N3O3. The highest BCUT2D eigenvalue weighted by Gasteiger charge is 2.40. The molecule has 0 radical (unpaired) electrons. The molecule has 2 fully saturated rings. The molecule has 23 heavy (non-hydrogen) atoms. The largest absolute Gasteiger partial charge is 0.371 e. The fourth-order valence-electron chi connectivity index (χ4n) is 3.82. The predicted molar refractivity (Wildman–Crippen MR) is 83.9 cm³/mol. The van der Waals surface area contributed by atoms with Crippen LogP contribution in [-0.4, -0.2) is 41.8 Å². The first-order valence-corrected chi connectivity index (χ1v) is 8.16. The Bertz CT molecular complexity index is 694.